The van der Waals surface area contributed by atoms with Gasteiger partial charge in [0.1, 0.15) is 0 Å². The average Bonchev–Trinajstić information content (AvgIpc) is 2.47. The molecule has 0 unspecified atom stereocenters. The van der Waals surface area contributed by atoms with Gasteiger partial charge in [0.15, 0.2) is 0 Å². The van der Waals surface area contributed by atoms with Crippen LogP contribution in [0.3, 0.4) is 0 Å². The third-order valence-electron chi connectivity index (χ3n) is 3.13. The average molecular weight is 281 g/mol. The molecule has 0 saturated carbocycles. The Morgan fingerprint density at radius 2 is 1.85 bits per heavy atom. The highest BCUT2D eigenvalue weighted by atomic mass is 16.5. The molecule has 1 aromatic carbocycles. The Kier molecular flexibility index (Phi) is 7.69. The van der Waals surface area contributed by atoms with Gasteiger partial charge >= 0.3 is 5.97 Å². The molecule has 0 radical (unpaired) electrons. The van der Waals surface area contributed by atoms with Gasteiger partial charge in [-0.3, -0.25) is 4.79 Å². The lowest BCUT2D eigenvalue weighted by Crippen LogP contribution is -2.30. The van der Waals surface area contributed by atoms with Crippen molar-refractivity contribution in [2.24, 2.45) is 0 Å². The lowest BCUT2D eigenvalue weighted by molar-refractivity contribution is -0.140. The van der Waals surface area contributed by atoms with Gasteiger partial charge in [-0.1, -0.05) is 18.2 Å². The molecule has 5 heteroatoms. The van der Waals surface area contributed by atoms with Gasteiger partial charge in [0, 0.05) is 25.2 Å². The van der Waals surface area contributed by atoms with Gasteiger partial charge in [0.05, 0.1) is 20.3 Å². The maximum atomic E-state index is 11.1. The van der Waals surface area contributed by atoms with Gasteiger partial charge in [-0.25, -0.2) is 0 Å². The largest absolute Gasteiger partial charge is 0.469 e. The molecule has 0 aliphatic carbocycles. The third-order valence-corrected chi connectivity index (χ3v) is 3.13. The number of aryl methyl sites for hydroxylation is 1. The van der Waals surface area contributed by atoms with Crippen molar-refractivity contribution in [1.29, 1.82) is 0 Å². The quantitative estimate of drug-likeness (QED) is 0.660. The van der Waals surface area contributed by atoms with Crippen LogP contribution in [0.25, 0.3) is 0 Å². The highest BCUT2D eigenvalue weighted by Gasteiger charge is 2.10. The Labute approximate surface area is 119 Å². The van der Waals surface area contributed by atoms with Crippen LogP contribution in [0.15, 0.2) is 24.3 Å². The first-order chi connectivity index (χ1) is 9.72. The van der Waals surface area contributed by atoms with Crippen LogP contribution in [0.1, 0.15) is 18.4 Å². The molecule has 0 spiro atoms. The lowest BCUT2D eigenvalue weighted by atomic mass is 10.0. The Balaban J connectivity index is 2.72. The number of hydrogen-bond acceptors (Lipinski definition) is 5. The molecule has 0 aliphatic rings. The monoisotopic (exact) mass is 281 g/mol. The van der Waals surface area contributed by atoms with Gasteiger partial charge in [-0.2, -0.15) is 0 Å². The van der Waals surface area contributed by atoms with Crippen molar-refractivity contribution >= 4 is 11.7 Å². The predicted octanol–water partition coefficient (Wildman–Crippen LogP) is 0.973. The summed E-state index contributed by atoms with van der Waals surface area (Å²) in [5, 5.41) is 18.2. The number of anilines is 1. The summed E-state index contributed by atoms with van der Waals surface area (Å²) in [4.78, 5) is 13.1. The molecule has 1 rings (SSSR count). The minimum absolute atomic E-state index is 0.0382. The van der Waals surface area contributed by atoms with Gasteiger partial charge in [-0.15, -0.1) is 0 Å². The molecule has 20 heavy (non-hydrogen) atoms. The van der Waals surface area contributed by atoms with Crippen molar-refractivity contribution in [2.75, 3.05) is 38.3 Å². The van der Waals surface area contributed by atoms with E-state index < -0.39 is 0 Å². The van der Waals surface area contributed by atoms with Crippen molar-refractivity contribution in [3.8, 4) is 0 Å². The molecule has 1 aromatic rings. The predicted molar refractivity (Wildman–Crippen MR) is 77.8 cm³/mol. The summed E-state index contributed by atoms with van der Waals surface area (Å²) in [5.74, 6) is -0.204. The maximum absolute atomic E-state index is 11.1. The van der Waals surface area contributed by atoms with E-state index in [4.69, 9.17) is 10.2 Å². The molecular weight excluding hydrogens is 258 g/mol. The van der Waals surface area contributed by atoms with Crippen LogP contribution in [0.5, 0.6) is 0 Å². The number of para-hydroxylation sites is 1. The zero-order valence-corrected chi connectivity index (χ0v) is 11.9. The summed E-state index contributed by atoms with van der Waals surface area (Å²) in [6.07, 6.45) is 1.87. The van der Waals surface area contributed by atoms with Gasteiger partial charge in [0.25, 0.3) is 0 Å². The molecule has 2 N–H and O–H groups in total. The second kappa shape index (κ2) is 9.34. The normalized spacial score (nSPS) is 10.3. The number of carbonyl (C=O) groups excluding carboxylic acids is 1. The number of carbonyl (C=O) groups is 1. The van der Waals surface area contributed by atoms with E-state index in [0.717, 1.165) is 24.1 Å². The molecule has 0 atom stereocenters. The molecule has 5 nitrogen and oxygen atoms in total. The molecular formula is C15H23NO4. The number of hydrogen-bond donors (Lipinski definition) is 2. The van der Waals surface area contributed by atoms with E-state index in [1.54, 1.807) is 0 Å². The zero-order valence-electron chi connectivity index (χ0n) is 11.9. The smallest absolute Gasteiger partial charge is 0.305 e. The van der Waals surface area contributed by atoms with Crippen LogP contribution < -0.4 is 4.90 Å². The summed E-state index contributed by atoms with van der Waals surface area (Å²) >= 11 is 0. The summed E-state index contributed by atoms with van der Waals surface area (Å²) in [6.45, 7) is 1.04. The van der Waals surface area contributed by atoms with Crippen molar-refractivity contribution in [3.05, 3.63) is 29.8 Å². The summed E-state index contributed by atoms with van der Waals surface area (Å²) < 4.78 is 4.63. The molecule has 0 heterocycles. The lowest BCUT2D eigenvalue weighted by Gasteiger charge is -2.25. The summed E-state index contributed by atoms with van der Waals surface area (Å²) in [5.41, 5.74) is 2.11. The number of esters is 1. The first kappa shape index (κ1) is 16.5. The number of nitrogens with zero attached hydrogens (tertiary/aromatic N) is 1. The first-order valence-corrected chi connectivity index (χ1v) is 6.84. The van der Waals surface area contributed by atoms with E-state index in [-0.39, 0.29) is 19.2 Å². The number of aliphatic hydroxyl groups excluding tert-OH is 2. The van der Waals surface area contributed by atoms with Gasteiger partial charge < -0.3 is 19.8 Å². The SMILES string of the molecule is COC(=O)CCCc1ccccc1N(CCO)CCO. The van der Waals surface area contributed by atoms with Crippen molar-refractivity contribution < 1.29 is 19.7 Å². The fourth-order valence-corrected chi connectivity index (χ4v) is 2.15. The highest BCUT2D eigenvalue weighted by molar-refractivity contribution is 5.69. The van der Waals surface area contributed by atoms with Crippen LogP contribution in [0.4, 0.5) is 5.69 Å². The van der Waals surface area contributed by atoms with E-state index in [0.29, 0.717) is 19.5 Å². The molecule has 0 amide bonds. The van der Waals surface area contributed by atoms with E-state index in [9.17, 15) is 4.79 Å². The zero-order chi connectivity index (χ0) is 14.8. The third kappa shape index (κ3) is 5.19. The fraction of sp³-hybridized carbons (Fsp3) is 0.533. The van der Waals surface area contributed by atoms with Crippen LogP contribution in [0.2, 0.25) is 0 Å². The first-order valence-electron chi connectivity index (χ1n) is 6.84. The number of aliphatic hydroxyl groups is 2. The van der Waals surface area contributed by atoms with Crippen LogP contribution in [-0.2, 0) is 16.0 Å². The Hall–Kier alpha value is -1.59. The second-order valence-corrected chi connectivity index (χ2v) is 4.49. The van der Waals surface area contributed by atoms with E-state index in [1.165, 1.54) is 7.11 Å². The van der Waals surface area contributed by atoms with Crippen molar-refractivity contribution in [3.63, 3.8) is 0 Å². The Morgan fingerprint density at radius 1 is 1.20 bits per heavy atom. The molecule has 0 bridgehead atoms. The number of rotatable bonds is 9. The minimum Gasteiger partial charge on any atom is -0.469 e. The van der Waals surface area contributed by atoms with E-state index in [2.05, 4.69) is 4.74 Å². The molecule has 0 saturated heterocycles. The standard InChI is InChI=1S/C15H23NO4/c1-20-15(19)8-4-6-13-5-2-3-7-14(13)16(9-11-17)10-12-18/h2-3,5,7,17-18H,4,6,8-12H2,1H3. The second-order valence-electron chi connectivity index (χ2n) is 4.49. The molecule has 112 valence electrons. The number of methoxy groups -OCH3 is 1. The number of ether oxygens (including phenoxy) is 1. The molecule has 0 fully saturated rings. The van der Waals surface area contributed by atoms with Crippen molar-refractivity contribution in [2.45, 2.75) is 19.3 Å². The highest BCUT2D eigenvalue weighted by Crippen LogP contribution is 2.22. The Bertz CT molecular complexity index is 403. The molecule has 0 aliphatic heterocycles. The summed E-state index contributed by atoms with van der Waals surface area (Å²) in [7, 11) is 1.39. The van der Waals surface area contributed by atoms with Crippen molar-refractivity contribution in [1.82, 2.24) is 0 Å². The molecule has 0 aromatic heterocycles. The van der Waals surface area contributed by atoms with E-state index >= 15 is 0 Å². The topological polar surface area (TPSA) is 70.0 Å². The van der Waals surface area contributed by atoms with Gasteiger partial charge in [0.2, 0.25) is 0 Å². The van der Waals surface area contributed by atoms with Gasteiger partial charge in [-0.05, 0) is 24.5 Å². The minimum atomic E-state index is -0.204. The number of benzene rings is 1. The van der Waals surface area contributed by atoms with E-state index in [1.807, 2.05) is 29.2 Å². The van der Waals surface area contributed by atoms with Crippen LogP contribution in [-0.4, -0.2) is 49.6 Å². The maximum Gasteiger partial charge on any atom is 0.305 e. The Morgan fingerprint density at radius 3 is 2.45 bits per heavy atom. The fourth-order valence-electron chi connectivity index (χ4n) is 2.15. The summed E-state index contributed by atoms with van der Waals surface area (Å²) in [6, 6.07) is 7.86. The van der Waals surface area contributed by atoms with Crippen LogP contribution in [0, 0.1) is 0 Å². The van der Waals surface area contributed by atoms with Crippen LogP contribution >= 0.6 is 0 Å².